The molecule has 1 fully saturated rings. The number of rotatable bonds is 4. The van der Waals surface area contributed by atoms with Crippen molar-refractivity contribution < 1.29 is 9.59 Å². The van der Waals surface area contributed by atoms with Gasteiger partial charge in [0, 0.05) is 50.5 Å². The third-order valence-electron chi connectivity index (χ3n) is 6.30. The molecule has 1 amide bonds. The van der Waals surface area contributed by atoms with E-state index in [4.69, 9.17) is 0 Å². The van der Waals surface area contributed by atoms with Crippen LogP contribution in [0.3, 0.4) is 0 Å². The van der Waals surface area contributed by atoms with Crippen LogP contribution in [0.4, 0.5) is 5.69 Å². The minimum absolute atomic E-state index is 0.0917. The topological polar surface area (TPSA) is 43.9 Å². The second-order valence-electron chi connectivity index (χ2n) is 8.08. The second kappa shape index (κ2) is 8.37. The predicted molar refractivity (Wildman–Crippen MR) is 115 cm³/mol. The largest absolute Gasteiger partial charge is 0.369 e. The van der Waals surface area contributed by atoms with Crippen LogP contribution in [0.5, 0.6) is 0 Å². The van der Waals surface area contributed by atoms with Crippen LogP contribution in [0, 0.1) is 0 Å². The Bertz CT molecular complexity index is 885. The zero-order valence-corrected chi connectivity index (χ0v) is 17.3. The van der Waals surface area contributed by atoms with Crippen LogP contribution < -0.4 is 4.90 Å². The first-order valence-corrected chi connectivity index (χ1v) is 10.5. The fourth-order valence-electron chi connectivity index (χ4n) is 4.38. The van der Waals surface area contributed by atoms with Crippen LogP contribution in [0.25, 0.3) is 0 Å². The summed E-state index contributed by atoms with van der Waals surface area (Å²) >= 11 is 0. The minimum atomic E-state index is -0.0949. The second-order valence-corrected chi connectivity index (χ2v) is 8.08. The van der Waals surface area contributed by atoms with Gasteiger partial charge in [-0.15, -0.1) is 0 Å². The molecule has 2 heterocycles. The van der Waals surface area contributed by atoms with Crippen molar-refractivity contribution in [3.05, 3.63) is 65.2 Å². The van der Waals surface area contributed by atoms with Gasteiger partial charge in [0.1, 0.15) is 0 Å². The van der Waals surface area contributed by atoms with E-state index in [9.17, 15) is 9.59 Å². The molecular formula is C24H29N3O2. The van der Waals surface area contributed by atoms with E-state index >= 15 is 0 Å². The summed E-state index contributed by atoms with van der Waals surface area (Å²) in [5.74, 6) is 0.327. The van der Waals surface area contributed by atoms with Crippen molar-refractivity contribution in [2.24, 2.45) is 0 Å². The number of fused-ring (bicyclic) bond motifs is 1. The quantitative estimate of drug-likeness (QED) is 0.752. The average Bonchev–Trinajstić information content (AvgIpc) is 2.78. The van der Waals surface area contributed by atoms with Crippen LogP contribution in [-0.2, 0) is 17.8 Å². The Morgan fingerprint density at radius 1 is 0.862 bits per heavy atom. The summed E-state index contributed by atoms with van der Waals surface area (Å²) in [5.41, 5.74) is 4.53. The van der Waals surface area contributed by atoms with Gasteiger partial charge in [-0.1, -0.05) is 24.3 Å². The molecule has 0 N–H and O–H groups in total. The molecule has 5 nitrogen and oxygen atoms in total. The van der Waals surface area contributed by atoms with Crippen molar-refractivity contribution in [1.29, 1.82) is 0 Å². The van der Waals surface area contributed by atoms with Crippen LogP contribution in [0.1, 0.15) is 35.3 Å². The van der Waals surface area contributed by atoms with Crippen LogP contribution in [-0.4, -0.2) is 60.3 Å². The Morgan fingerprint density at radius 3 is 2.17 bits per heavy atom. The first-order chi connectivity index (χ1) is 14.0. The van der Waals surface area contributed by atoms with Crippen LogP contribution in [0.15, 0.2) is 48.5 Å². The summed E-state index contributed by atoms with van der Waals surface area (Å²) in [4.78, 5) is 31.2. The number of carbonyl (C=O) groups excluding carboxylic acids is 2. The van der Waals surface area contributed by atoms with E-state index in [1.54, 1.807) is 6.92 Å². The number of nitrogens with zero attached hydrogens (tertiary/aromatic N) is 3. The highest BCUT2D eigenvalue weighted by Crippen LogP contribution is 2.22. The SMILES string of the molecule is CC(=O)c1ccc(N2CCN([C@H](C)C(=O)N3CCc4ccccc4C3)CC2)cc1. The monoisotopic (exact) mass is 391 g/mol. The standard InChI is InChI=1S/C24H29N3O2/c1-18(24(29)27-12-11-21-5-3-4-6-22(21)17-27)25-13-15-26(16-14-25)23-9-7-20(8-10-23)19(2)28/h3-10,18H,11-17H2,1-2H3/t18-/m1/s1. The Kier molecular flexibility index (Phi) is 5.67. The van der Waals surface area contributed by atoms with Gasteiger partial charge in [0.05, 0.1) is 6.04 Å². The number of carbonyl (C=O) groups is 2. The van der Waals surface area contributed by atoms with Gasteiger partial charge in [0.2, 0.25) is 5.91 Å². The summed E-state index contributed by atoms with van der Waals surface area (Å²) < 4.78 is 0. The van der Waals surface area contributed by atoms with E-state index in [2.05, 4.69) is 34.1 Å². The highest BCUT2D eigenvalue weighted by Gasteiger charge is 2.30. The third-order valence-corrected chi connectivity index (χ3v) is 6.30. The van der Waals surface area contributed by atoms with Gasteiger partial charge >= 0.3 is 0 Å². The Balaban J connectivity index is 1.33. The maximum absolute atomic E-state index is 13.1. The molecule has 0 unspecified atom stereocenters. The predicted octanol–water partition coefficient (Wildman–Crippen LogP) is 2.98. The molecule has 0 radical (unpaired) electrons. The van der Waals surface area contributed by atoms with Crippen molar-refractivity contribution in [2.75, 3.05) is 37.6 Å². The van der Waals surface area contributed by atoms with Gasteiger partial charge in [0.15, 0.2) is 5.78 Å². The molecule has 0 aromatic heterocycles. The molecule has 0 spiro atoms. The van der Waals surface area contributed by atoms with Gasteiger partial charge in [-0.2, -0.15) is 0 Å². The fourth-order valence-corrected chi connectivity index (χ4v) is 4.38. The molecule has 2 aromatic carbocycles. The van der Waals surface area contributed by atoms with E-state index in [0.717, 1.165) is 56.9 Å². The molecule has 1 atom stereocenters. The number of Topliss-reactive ketones (excluding diaryl/α,β-unsaturated/α-hetero) is 1. The van der Waals surface area contributed by atoms with Crippen molar-refractivity contribution in [3.63, 3.8) is 0 Å². The molecule has 4 rings (SSSR count). The molecule has 2 aliphatic heterocycles. The number of benzene rings is 2. The molecular weight excluding hydrogens is 362 g/mol. The molecule has 0 saturated carbocycles. The molecule has 0 bridgehead atoms. The van der Waals surface area contributed by atoms with E-state index in [1.165, 1.54) is 11.1 Å². The summed E-state index contributed by atoms with van der Waals surface area (Å²) in [6.07, 6.45) is 0.943. The lowest BCUT2D eigenvalue weighted by molar-refractivity contribution is -0.137. The van der Waals surface area contributed by atoms with Gasteiger partial charge in [-0.05, 0) is 55.7 Å². The van der Waals surface area contributed by atoms with Crippen molar-refractivity contribution in [2.45, 2.75) is 32.9 Å². The Labute approximate surface area is 172 Å². The van der Waals surface area contributed by atoms with Crippen molar-refractivity contribution >= 4 is 17.4 Å². The summed E-state index contributed by atoms with van der Waals surface area (Å²) in [6, 6.07) is 16.2. The van der Waals surface area contributed by atoms with Gasteiger partial charge in [-0.3, -0.25) is 14.5 Å². The number of anilines is 1. The normalized spacial score (nSPS) is 18.3. The summed E-state index contributed by atoms with van der Waals surface area (Å²) in [7, 11) is 0. The fraction of sp³-hybridized carbons (Fsp3) is 0.417. The first-order valence-electron chi connectivity index (χ1n) is 10.5. The maximum Gasteiger partial charge on any atom is 0.239 e. The lowest BCUT2D eigenvalue weighted by Crippen LogP contribution is -2.55. The number of amides is 1. The number of hydrogen-bond acceptors (Lipinski definition) is 4. The minimum Gasteiger partial charge on any atom is -0.369 e. The van der Waals surface area contributed by atoms with Crippen molar-refractivity contribution in [3.8, 4) is 0 Å². The summed E-state index contributed by atoms with van der Waals surface area (Å²) in [5, 5.41) is 0. The molecule has 152 valence electrons. The van der Waals surface area contributed by atoms with E-state index in [-0.39, 0.29) is 17.7 Å². The third kappa shape index (κ3) is 4.20. The first kappa shape index (κ1) is 19.6. The lowest BCUT2D eigenvalue weighted by Gasteiger charge is -2.40. The molecule has 1 saturated heterocycles. The highest BCUT2D eigenvalue weighted by atomic mass is 16.2. The zero-order chi connectivity index (χ0) is 20.4. The number of hydrogen-bond donors (Lipinski definition) is 0. The highest BCUT2D eigenvalue weighted by molar-refractivity contribution is 5.94. The average molecular weight is 392 g/mol. The van der Waals surface area contributed by atoms with E-state index in [1.807, 2.05) is 36.1 Å². The van der Waals surface area contributed by atoms with Crippen molar-refractivity contribution in [1.82, 2.24) is 9.80 Å². The molecule has 2 aliphatic rings. The van der Waals surface area contributed by atoms with E-state index < -0.39 is 0 Å². The molecule has 5 heteroatoms. The molecule has 0 aliphatic carbocycles. The Hall–Kier alpha value is -2.66. The van der Waals surface area contributed by atoms with Crippen LogP contribution >= 0.6 is 0 Å². The van der Waals surface area contributed by atoms with Gasteiger partial charge in [0.25, 0.3) is 0 Å². The maximum atomic E-state index is 13.1. The Morgan fingerprint density at radius 2 is 1.52 bits per heavy atom. The summed E-state index contributed by atoms with van der Waals surface area (Å²) in [6.45, 7) is 8.68. The van der Waals surface area contributed by atoms with Crippen LogP contribution in [0.2, 0.25) is 0 Å². The van der Waals surface area contributed by atoms with Gasteiger partial charge < -0.3 is 9.80 Å². The number of piperazine rings is 1. The van der Waals surface area contributed by atoms with E-state index in [0.29, 0.717) is 0 Å². The van der Waals surface area contributed by atoms with Gasteiger partial charge in [-0.25, -0.2) is 0 Å². The number of ketones is 1. The smallest absolute Gasteiger partial charge is 0.239 e. The zero-order valence-electron chi connectivity index (χ0n) is 17.3. The lowest BCUT2D eigenvalue weighted by atomic mass is 9.99. The molecule has 2 aromatic rings. The molecule has 29 heavy (non-hydrogen) atoms.